The van der Waals surface area contributed by atoms with Gasteiger partial charge in [-0.2, -0.15) is 0 Å². The summed E-state index contributed by atoms with van der Waals surface area (Å²) in [5, 5.41) is 24.0. The molecular formula is C20H32N6O6. The molecule has 0 spiro atoms. The van der Waals surface area contributed by atoms with Gasteiger partial charge in [-0.25, -0.2) is 9.78 Å². The minimum atomic E-state index is -1.31. The average molecular weight is 453 g/mol. The number of hydrogen-bond donors (Lipinski definition) is 6. The number of rotatable bonds is 11. The number of aliphatic hydroxyl groups excluding tert-OH is 1. The van der Waals surface area contributed by atoms with Crippen LogP contribution in [-0.4, -0.2) is 86.1 Å². The van der Waals surface area contributed by atoms with Crippen molar-refractivity contribution in [2.75, 3.05) is 13.2 Å². The van der Waals surface area contributed by atoms with Crippen LogP contribution < -0.4 is 16.4 Å². The smallest absolute Gasteiger partial charge is 0.326 e. The lowest BCUT2D eigenvalue weighted by molar-refractivity contribution is -0.149. The SMILES string of the molecule is CC(C)CC(NC(=O)C(CO)NC(=O)C(N)Cc1cnc[nH]1)C(=O)N1CCCC1C(=O)O. The lowest BCUT2D eigenvalue weighted by Gasteiger charge is -2.29. The molecule has 4 atom stereocenters. The van der Waals surface area contributed by atoms with Gasteiger partial charge in [0.25, 0.3) is 0 Å². The van der Waals surface area contributed by atoms with Crippen LogP contribution in [0.3, 0.4) is 0 Å². The number of nitrogens with zero attached hydrogens (tertiary/aromatic N) is 2. The van der Waals surface area contributed by atoms with Gasteiger partial charge in [-0.15, -0.1) is 0 Å². The lowest BCUT2D eigenvalue weighted by atomic mass is 10.0. The van der Waals surface area contributed by atoms with E-state index in [9.17, 15) is 29.4 Å². The Hall–Kier alpha value is -2.99. The Morgan fingerprint density at radius 1 is 1.25 bits per heavy atom. The molecule has 1 aromatic heterocycles. The number of likely N-dealkylation sites (tertiary alicyclic amines) is 1. The van der Waals surface area contributed by atoms with E-state index in [0.717, 1.165) is 0 Å². The van der Waals surface area contributed by atoms with E-state index in [1.54, 1.807) is 0 Å². The van der Waals surface area contributed by atoms with Crippen molar-refractivity contribution in [3.05, 3.63) is 18.2 Å². The summed E-state index contributed by atoms with van der Waals surface area (Å²) in [6.07, 6.45) is 4.32. The summed E-state index contributed by atoms with van der Waals surface area (Å²) in [5.41, 5.74) is 6.50. The van der Waals surface area contributed by atoms with Crippen LogP contribution in [0.2, 0.25) is 0 Å². The maximum absolute atomic E-state index is 13.0. The first-order valence-corrected chi connectivity index (χ1v) is 10.6. The fourth-order valence-electron chi connectivity index (χ4n) is 3.65. The van der Waals surface area contributed by atoms with Gasteiger partial charge in [-0.1, -0.05) is 13.8 Å². The van der Waals surface area contributed by atoms with Gasteiger partial charge in [-0.05, 0) is 25.2 Å². The number of amides is 3. The first kappa shape index (κ1) is 25.3. The number of H-pyrrole nitrogens is 1. The van der Waals surface area contributed by atoms with Crippen LogP contribution in [0.15, 0.2) is 12.5 Å². The molecule has 1 aromatic rings. The Morgan fingerprint density at radius 3 is 2.50 bits per heavy atom. The van der Waals surface area contributed by atoms with Gasteiger partial charge in [0.05, 0.1) is 19.0 Å². The van der Waals surface area contributed by atoms with Crippen molar-refractivity contribution in [2.24, 2.45) is 11.7 Å². The fraction of sp³-hybridized carbons (Fsp3) is 0.650. The summed E-state index contributed by atoms with van der Waals surface area (Å²) < 4.78 is 0. The molecule has 3 amide bonds. The molecule has 0 radical (unpaired) electrons. The Bertz CT molecular complexity index is 799. The number of carbonyl (C=O) groups is 4. The van der Waals surface area contributed by atoms with Crippen LogP contribution in [0, 0.1) is 5.92 Å². The number of carbonyl (C=O) groups excluding carboxylic acids is 3. The number of aliphatic hydroxyl groups is 1. The Balaban J connectivity index is 2.03. The van der Waals surface area contributed by atoms with E-state index < -0.39 is 54.5 Å². The minimum Gasteiger partial charge on any atom is -0.480 e. The summed E-state index contributed by atoms with van der Waals surface area (Å²) in [7, 11) is 0. The van der Waals surface area contributed by atoms with Crippen molar-refractivity contribution in [1.29, 1.82) is 0 Å². The van der Waals surface area contributed by atoms with E-state index in [1.807, 2.05) is 13.8 Å². The molecule has 0 saturated carbocycles. The molecule has 0 bridgehead atoms. The normalized spacial score (nSPS) is 18.8. The molecule has 0 aliphatic carbocycles. The maximum Gasteiger partial charge on any atom is 0.326 e. The van der Waals surface area contributed by atoms with Crippen LogP contribution in [0.1, 0.15) is 38.8 Å². The molecule has 2 heterocycles. The third-order valence-corrected chi connectivity index (χ3v) is 5.29. The van der Waals surface area contributed by atoms with Gasteiger partial charge in [0.2, 0.25) is 17.7 Å². The van der Waals surface area contributed by atoms with Crippen LogP contribution in [0.4, 0.5) is 0 Å². The Kier molecular flexibility index (Phi) is 9.14. The summed E-state index contributed by atoms with van der Waals surface area (Å²) in [5.74, 6) is -2.95. The number of hydrogen-bond acceptors (Lipinski definition) is 7. The van der Waals surface area contributed by atoms with Crippen molar-refractivity contribution < 1.29 is 29.4 Å². The third-order valence-electron chi connectivity index (χ3n) is 5.29. The number of aliphatic carboxylic acids is 1. The predicted molar refractivity (Wildman–Crippen MR) is 113 cm³/mol. The molecule has 4 unspecified atom stereocenters. The highest BCUT2D eigenvalue weighted by atomic mass is 16.4. The molecule has 12 heteroatoms. The summed E-state index contributed by atoms with van der Waals surface area (Å²) >= 11 is 0. The molecule has 1 saturated heterocycles. The number of aromatic nitrogens is 2. The number of imidazole rings is 1. The van der Waals surface area contributed by atoms with Gasteiger partial charge < -0.3 is 36.5 Å². The first-order chi connectivity index (χ1) is 15.1. The monoisotopic (exact) mass is 452 g/mol. The number of nitrogens with one attached hydrogen (secondary N) is 3. The van der Waals surface area contributed by atoms with Gasteiger partial charge in [-0.3, -0.25) is 14.4 Å². The molecule has 7 N–H and O–H groups in total. The number of aromatic amines is 1. The van der Waals surface area contributed by atoms with Crippen LogP contribution in [0.25, 0.3) is 0 Å². The van der Waals surface area contributed by atoms with Crippen molar-refractivity contribution in [3.63, 3.8) is 0 Å². The quantitative estimate of drug-likeness (QED) is 0.230. The minimum absolute atomic E-state index is 0.0279. The second kappa shape index (κ2) is 11.6. The topological polar surface area (TPSA) is 191 Å². The second-order valence-electron chi connectivity index (χ2n) is 8.35. The number of nitrogens with two attached hydrogens (primary N) is 1. The van der Waals surface area contributed by atoms with Crippen LogP contribution in [-0.2, 0) is 25.6 Å². The zero-order valence-electron chi connectivity index (χ0n) is 18.3. The summed E-state index contributed by atoms with van der Waals surface area (Å²) in [6.45, 7) is 3.33. The Labute approximate surface area is 185 Å². The first-order valence-electron chi connectivity index (χ1n) is 10.6. The van der Waals surface area contributed by atoms with E-state index in [4.69, 9.17) is 5.73 Å². The molecular weight excluding hydrogens is 420 g/mol. The van der Waals surface area contributed by atoms with Gasteiger partial charge in [0.1, 0.15) is 18.1 Å². The molecule has 178 valence electrons. The highest BCUT2D eigenvalue weighted by Crippen LogP contribution is 2.20. The zero-order chi connectivity index (χ0) is 23.8. The van der Waals surface area contributed by atoms with E-state index in [-0.39, 0.29) is 18.8 Å². The molecule has 0 aromatic carbocycles. The fourth-order valence-corrected chi connectivity index (χ4v) is 3.65. The highest BCUT2D eigenvalue weighted by molar-refractivity contribution is 5.94. The number of carboxylic acids is 1. The van der Waals surface area contributed by atoms with Gasteiger partial charge >= 0.3 is 5.97 Å². The lowest BCUT2D eigenvalue weighted by Crippen LogP contribution is -2.58. The molecule has 1 aliphatic rings. The van der Waals surface area contributed by atoms with Crippen molar-refractivity contribution in [3.8, 4) is 0 Å². The van der Waals surface area contributed by atoms with Crippen LogP contribution >= 0.6 is 0 Å². The van der Waals surface area contributed by atoms with E-state index in [2.05, 4.69) is 20.6 Å². The molecule has 1 fully saturated rings. The van der Waals surface area contributed by atoms with E-state index in [0.29, 0.717) is 25.1 Å². The summed E-state index contributed by atoms with van der Waals surface area (Å²) in [6, 6.07) is -4.20. The van der Waals surface area contributed by atoms with Crippen molar-refractivity contribution >= 4 is 23.7 Å². The van der Waals surface area contributed by atoms with Crippen molar-refractivity contribution in [1.82, 2.24) is 25.5 Å². The number of carboxylic acid groups (broad SMARTS) is 1. The van der Waals surface area contributed by atoms with E-state index in [1.165, 1.54) is 17.4 Å². The van der Waals surface area contributed by atoms with Crippen LogP contribution in [0.5, 0.6) is 0 Å². The largest absolute Gasteiger partial charge is 0.480 e. The highest BCUT2D eigenvalue weighted by Gasteiger charge is 2.38. The van der Waals surface area contributed by atoms with Gasteiger partial charge in [0, 0.05) is 24.9 Å². The second-order valence-corrected chi connectivity index (χ2v) is 8.35. The molecule has 12 nitrogen and oxygen atoms in total. The zero-order valence-corrected chi connectivity index (χ0v) is 18.3. The molecule has 2 rings (SSSR count). The Morgan fingerprint density at radius 2 is 1.94 bits per heavy atom. The predicted octanol–water partition coefficient (Wildman–Crippen LogP) is -1.64. The molecule has 32 heavy (non-hydrogen) atoms. The standard InChI is InChI=1S/C20H32N6O6/c1-11(2)6-14(19(30)26-5-3-4-16(26)20(31)32)24-18(29)15(9-27)25-17(28)13(21)7-12-8-22-10-23-12/h8,10-11,13-16,27H,3-7,9,21H2,1-2H3,(H,22,23)(H,24,29)(H,25,28)(H,31,32). The average Bonchev–Trinajstić information content (AvgIpc) is 3.42. The van der Waals surface area contributed by atoms with Crippen molar-refractivity contribution in [2.45, 2.75) is 63.7 Å². The van der Waals surface area contributed by atoms with E-state index >= 15 is 0 Å². The van der Waals surface area contributed by atoms with Gasteiger partial charge in [0.15, 0.2) is 0 Å². The molecule has 1 aliphatic heterocycles. The third kappa shape index (κ3) is 6.76. The summed E-state index contributed by atoms with van der Waals surface area (Å²) in [4.78, 5) is 57.5. The maximum atomic E-state index is 13.0.